The number of hydrogen-bond acceptors (Lipinski definition) is 3. The third-order valence-corrected chi connectivity index (χ3v) is 1.71. The Morgan fingerprint density at radius 3 is 2.67 bits per heavy atom. The molecular weight excluding hydrogens is 233 g/mol. The lowest BCUT2D eigenvalue weighted by Crippen LogP contribution is -2.13. The molecule has 0 bridgehead atoms. The largest absolute Gasteiger partial charge is 0.476 e. The van der Waals surface area contributed by atoms with E-state index in [9.17, 15) is 13.2 Å². The molecule has 15 heavy (non-hydrogen) atoms. The summed E-state index contributed by atoms with van der Waals surface area (Å²) in [7, 11) is 0. The topological polar surface area (TPSA) is 35.0 Å². The van der Waals surface area contributed by atoms with Gasteiger partial charge in [0.15, 0.2) is 0 Å². The zero-order valence-electron chi connectivity index (χ0n) is 7.59. The van der Waals surface area contributed by atoms with E-state index in [2.05, 4.69) is 9.97 Å². The molecule has 0 atom stereocenters. The third-order valence-electron chi connectivity index (χ3n) is 1.43. The van der Waals surface area contributed by atoms with Crippen molar-refractivity contribution >= 4 is 11.6 Å². The first-order valence-corrected chi connectivity index (χ1v) is 4.61. The molecule has 0 aliphatic rings. The maximum absolute atomic E-state index is 11.8. The SMILES string of the molecule is FC(F)(F)CCOc1cncc(CCl)n1. The number of halogens is 4. The normalized spacial score (nSPS) is 11.5. The van der Waals surface area contributed by atoms with Crippen molar-refractivity contribution < 1.29 is 17.9 Å². The highest BCUT2D eigenvalue weighted by atomic mass is 35.5. The summed E-state index contributed by atoms with van der Waals surface area (Å²) in [5.41, 5.74) is 0.459. The van der Waals surface area contributed by atoms with E-state index in [1.165, 1.54) is 12.4 Å². The van der Waals surface area contributed by atoms with Gasteiger partial charge in [0.2, 0.25) is 5.88 Å². The van der Waals surface area contributed by atoms with Crippen molar-refractivity contribution in [3.63, 3.8) is 0 Å². The summed E-state index contributed by atoms with van der Waals surface area (Å²) in [5.74, 6) is 0.195. The monoisotopic (exact) mass is 240 g/mol. The van der Waals surface area contributed by atoms with Crippen LogP contribution in [0.15, 0.2) is 12.4 Å². The van der Waals surface area contributed by atoms with E-state index in [-0.39, 0.29) is 11.8 Å². The van der Waals surface area contributed by atoms with E-state index in [0.717, 1.165) is 0 Å². The summed E-state index contributed by atoms with van der Waals surface area (Å²) in [6, 6.07) is 0. The van der Waals surface area contributed by atoms with Crippen LogP contribution in [0.3, 0.4) is 0 Å². The molecule has 0 amide bonds. The Balaban J connectivity index is 2.44. The van der Waals surface area contributed by atoms with E-state index >= 15 is 0 Å². The van der Waals surface area contributed by atoms with Crippen molar-refractivity contribution in [2.45, 2.75) is 18.5 Å². The lowest BCUT2D eigenvalue weighted by atomic mass is 10.4. The molecule has 0 aromatic carbocycles. The average molecular weight is 241 g/mol. The Labute approximate surface area is 89.2 Å². The first-order chi connectivity index (χ1) is 7.01. The molecule has 3 nitrogen and oxygen atoms in total. The molecule has 1 heterocycles. The minimum absolute atomic E-state index is 0.0531. The fraction of sp³-hybridized carbons (Fsp3) is 0.500. The molecule has 0 spiro atoms. The summed E-state index contributed by atoms with van der Waals surface area (Å²) < 4.78 is 40.1. The van der Waals surface area contributed by atoms with Crippen LogP contribution in [0, 0.1) is 0 Å². The first-order valence-electron chi connectivity index (χ1n) is 4.08. The predicted molar refractivity (Wildman–Crippen MR) is 47.8 cm³/mol. The Kier molecular flexibility index (Phi) is 4.14. The average Bonchev–Trinajstić information content (AvgIpc) is 2.16. The number of aromatic nitrogens is 2. The molecule has 0 radical (unpaired) electrons. The molecule has 1 aromatic heterocycles. The second kappa shape index (κ2) is 5.16. The van der Waals surface area contributed by atoms with Crippen LogP contribution in [0.25, 0.3) is 0 Å². The minimum Gasteiger partial charge on any atom is -0.476 e. The van der Waals surface area contributed by atoms with Crippen LogP contribution in [0.4, 0.5) is 13.2 Å². The van der Waals surface area contributed by atoms with Gasteiger partial charge >= 0.3 is 6.18 Å². The van der Waals surface area contributed by atoms with Crippen molar-refractivity contribution in [3.05, 3.63) is 18.1 Å². The molecule has 0 aliphatic carbocycles. The van der Waals surface area contributed by atoms with Crippen LogP contribution in [0.5, 0.6) is 5.88 Å². The smallest absolute Gasteiger partial charge is 0.392 e. The van der Waals surface area contributed by atoms with Crippen molar-refractivity contribution in [2.75, 3.05) is 6.61 Å². The Hall–Kier alpha value is -1.04. The number of hydrogen-bond donors (Lipinski definition) is 0. The van der Waals surface area contributed by atoms with Crippen molar-refractivity contribution in [3.8, 4) is 5.88 Å². The summed E-state index contributed by atoms with van der Waals surface area (Å²) in [4.78, 5) is 7.54. The van der Waals surface area contributed by atoms with Crippen LogP contribution < -0.4 is 4.74 Å². The third kappa shape index (κ3) is 4.83. The van der Waals surface area contributed by atoms with Crippen molar-refractivity contribution in [1.82, 2.24) is 9.97 Å². The number of alkyl halides is 4. The molecule has 0 saturated heterocycles. The van der Waals surface area contributed by atoms with Crippen LogP contribution in [0.2, 0.25) is 0 Å². The summed E-state index contributed by atoms with van der Waals surface area (Å²) in [6.07, 6.45) is -2.58. The van der Waals surface area contributed by atoms with Gasteiger partial charge in [0.25, 0.3) is 0 Å². The van der Waals surface area contributed by atoms with E-state index < -0.39 is 19.2 Å². The van der Waals surface area contributed by atoms with Gasteiger partial charge in [-0.15, -0.1) is 11.6 Å². The van der Waals surface area contributed by atoms with E-state index in [1.807, 2.05) is 0 Å². The van der Waals surface area contributed by atoms with Crippen LogP contribution in [-0.4, -0.2) is 22.8 Å². The van der Waals surface area contributed by atoms with E-state index in [1.54, 1.807) is 0 Å². The molecule has 1 aromatic rings. The van der Waals surface area contributed by atoms with Gasteiger partial charge in [0.1, 0.15) is 0 Å². The van der Waals surface area contributed by atoms with Gasteiger partial charge < -0.3 is 4.74 Å². The maximum Gasteiger partial charge on any atom is 0.392 e. The second-order valence-corrected chi connectivity index (χ2v) is 2.96. The lowest BCUT2D eigenvalue weighted by Gasteiger charge is -2.07. The summed E-state index contributed by atoms with van der Waals surface area (Å²) in [5, 5.41) is 0. The van der Waals surface area contributed by atoms with E-state index in [0.29, 0.717) is 5.69 Å². The number of nitrogens with zero attached hydrogens (tertiary/aromatic N) is 2. The van der Waals surface area contributed by atoms with Gasteiger partial charge in [-0.25, -0.2) is 4.98 Å². The fourth-order valence-electron chi connectivity index (χ4n) is 0.792. The van der Waals surface area contributed by atoms with Crippen LogP contribution in [0.1, 0.15) is 12.1 Å². The Bertz CT molecular complexity index is 319. The molecule has 7 heteroatoms. The molecule has 0 aliphatic heterocycles. The summed E-state index contributed by atoms with van der Waals surface area (Å²) >= 11 is 5.47. The lowest BCUT2D eigenvalue weighted by molar-refractivity contribution is -0.139. The molecule has 0 unspecified atom stereocenters. The second-order valence-electron chi connectivity index (χ2n) is 2.70. The zero-order valence-corrected chi connectivity index (χ0v) is 8.35. The van der Waals surface area contributed by atoms with Crippen LogP contribution in [-0.2, 0) is 5.88 Å². The first kappa shape index (κ1) is 12.0. The van der Waals surface area contributed by atoms with Crippen LogP contribution >= 0.6 is 11.6 Å². The minimum atomic E-state index is -4.22. The highest BCUT2D eigenvalue weighted by Gasteiger charge is 2.26. The number of ether oxygens (including phenoxy) is 1. The zero-order chi connectivity index (χ0) is 11.3. The molecular formula is C8H8ClF3N2O. The van der Waals surface area contributed by atoms with Gasteiger partial charge in [-0.1, -0.05) is 0 Å². The molecule has 0 N–H and O–H groups in total. The Morgan fingerprint density at radius 2 is 2.07 bits per heavy atom. The standard InChI is InChI=1S/C8H8ClF3N2O/c9-3-6-4-13-5-7(14-6)15-2-1-8(10,11)12/h4-5H,1-3H2. The predicted octanol–water partition coefficient (Wildman–Crippen LogP) is 2.55. The van der Waals surface area contributed by atoms with E-state index in [4.69, 9.17) is 16.3 Å². The number of rotatable bonds is 4. The molecule has 1 rings (SSSR count). The molecule has 84 valence electrons. The maximum atomic E-state index is 11.8. The van der Waals surface area contributed by atoms with Gasteiger partial charge in [-0.05, 0) is 0 Å². The molecule has 0 saturated carbocycles. The molecule has 0 fully saturated rings. The highest BCUT2D eigenvalue weighted by Crippen LogP contribution is 2.19. The highest BCUT2D eigenvalue weighted by molar-refractivity contribution is 6.16. The quantitative estimate of drug-likeness (QED) is 0.759. The van der Waals surface area contributed by atoms with Gasteiger partial charge in [0.05, 0.1) is 30.8 Å². The van der Waals surface area contributed by atoms with Gasteiger partial charge in [0, 0.05) is 6.20 Å². The van der Waals surface area contributed by atoms with Crippen molar-refractivity contribution in [1.29, 1.82) is 0 Å². The van der Waals surface area contributed by atoms with Gasteiger partial charge in [-0.2, -0.15) is 13.2 Å². The van der Waals surface area contributed by atoms with Gasteiger partial charge in [-0.3, -0.25) is 4.98 Å². The Morgan fingerprint density at radius 1 is 1.33 bits per heavy atom. The summed E-state index contributed by atoms with van der Waals surface area (Å²) in [6.45, 7) is -0.468. The fourth-order valence-corrected chi connectivity index (χ4v) is 0.920. The van der Waals surface area contributed by atoms with Crippen molar-refractivity contribution in [2.24, 2.45) is 0 Å².